The highest BCUT2D eigenvalue weighted by Crippen LogP contribution is 2.39. The topological polar surface area (TPSA) is 210 Å². The molecule has 4 atom stereocenters. The first-order chi connectivity index (χ1) is 28.9. The number of hydrogen-bond donors (Lipinski definition) is 0. The number of esters is 2. The molecule has 0 aromatic heterocycles. The fraction of sp³-hybridized carbons (Fsp3) is 0.391. The monoisotopic (exact) mass is 858 g/mol. The van der Waals surface area contributed by atoms with E-state index in [0.29, 0.717) is 0 Å². The molecule has 2 aliphatic rings. The lowest BCUT2D eigenvalue weighted by atomic mass is 9.77. The van der Waals surface area contributed by atoms with Gasteiger partial charge in [-0.15, -0.1) is 0 Å². The summed E-state index contributed by atoms with van der Waals surface area (Å²) in [5, 5.41) is 0. The molecule has 0 amide bonds. The lowest BCUT2D eigenvalue weighted by Crippen LogP contribution is -2.53. The van der Waals surface area contributed by atoms with Crippen molar-refractivity contribution in [2.24, 2.45) is 23.7 Å². The summed E-state index contributed by atoms with van der Waals surface area (Å²) in [6.45, 7) is 15.6. The molecule has 4 rings (SSSR count). The van der Waals surface area contributed by atoms with Crippen molar-refractivity contribution in [3.8, 4) is 11.5 Å². The normalized spacial score (nSPS) is 20.5. The van der Waals surface area contributed by atoms with Crippen LogP contribution in [-0.2, 0) is 47.9 Å². The van der Waals surface area contributed by atoms with Gasteiger partial charge in [0.2, 0.25) is 22.8 Å². The highest BCUT2D eigenvalue weighted by atomic mass is 17.2. The largest absolute Gasteiger partial charge is 0.514 e. The van der Waals surface area contributed by atoms with Crippen molar-refractivity contribution < 1.29 is 76.6 Å². The van der Waals surface area contributed by atoms with E-state index in [1.807, 2.05) is 0 Å². The highest BCUT2D eigenvalue weighted by molar-refractivity contribution is 6.11. The van der Waals surface area contributed by atoms with E-state index in [0.717, 1.165) is 12.2 Å². The van der Waals surface area contributed by atoms with Crippen LogP contribution in [0.15, 0.2) is 97.1 Å². The molecule has 0 aliphatic heterocycles. The van der Waals surface area contributed by atoms with Crippen molar-refractivity contribution in [3.05, 3.63) is 108 Å². The molecule has 0 heterocycles. The molecular formula is C46H50O16. The summed E-state index contributed by atoms with van der Waals surface area (Å²) in [4.78, 5) is 119. The Kier molecular flexibility index (Phi) is 14.9. The number of carbonyl (C=O) groups excluding carboxylic acids is 8. The van der Waals surface area contributed by atoms with Crippen molar-refractivity contribution in [2.75, 3.05) is 0 Å². The van der Waals surface area contributed by atoms with Crippen LogP contribution in [0.1, 0.15) is 90.0 Å². The Morgan fingerprint density at radius 1 is 0.516 bits per heavy atom. The van der Waals surface area contributed by atoms with E-state index in [1.165, 1.54) is 113 Å². The van der Waals surface area contributed by atoms with Crippen molar-refractivity contribution in [1.29, 1.82) is 0 Å². The van der Waals surface area contributed by atoms with E-state index in [4.69, 9.17) is 38.2 Å². The summed E-state index contributed by atoms with van der Waals surface area (Å²) in [5.41, 5.74) is -7.50. The molecule has 0 bridgehead atoms. The third-order valence-electron chi connectivity index (χ3n) is 8.78. The second-order valence-corrected chi connectivity index (χ2v) is 16.8. The van der Waals surface area contributed by atoms with Gasteiger partial charge in [0.1, 0.15) is 34.5 Å². The molecular weight excluding hydrogens is 808 g/mol. The average molecular weight is 859 g/mol. The number of Topliss-reactive ketones (excluding diaryl/α,β-unsaturated/α-hetero) is 2. The highest BCUT2D eigenvalue weighted by Gasteiger charge is 2.56. The number of rotatable bonds is 12. The number of ketones is 2. The predicted molar refractivity (Wildman–Crippen MR) is 218 cm³/mol. The Labute approximate surface area is 358 Å². The SMILES string of the molecule is CC(C)C(=O)OC1(C(=O)c2ccccc2OC(=O)OC(C)(C)C)C=CC=CC1C(=O)OOC(=O)C1C=CC=CC1(OC(=O)C(C)C)C(=O)c1ccccc1OC(=O)OC(C)(C)C. The molecule has 2 aromatic rings. The van der Waals surface area contributed by atoms with E-state index in [9.17, 15) is 38.4 Å². The summed E-state index contributed by atoms with van der Waals surface area (Å²) in [7, 11) is 0. The second kappa shape index (κ2) is 19.3. The molecule has 0 radical (unpaired) electrons. The van der Waals surface area contributed by atoms with Crippen LogP contribution >= 0.6 is 0 Å². The van der Waals surface area contributed by atoms with Gasteiger partial charge in [-0.25, -0.2) is 29.0 Å². The molecule has 16 nitrogen and oxygen atoms in total. The van der Waals surface area contributed by atoms with E-state index in [1.54, 1.807) is 41.5 Å². The van der Waals surface area contributed by atoms with E-state index in [-0.39, 0.29) is 22.6 Å². The fourth-order valence-corrected chi connectivity index (χ4v) is 5.85. The van der Waals surface area contributed by atoms with Gasteiger partial charge in [-0.05, 0) is 78.0 Å². The van der Waals surface area contributed by atoms with E-state index >= 15 is 0 Å². The third kappa shape index (κ3) is 11.5. The summed E-state index contributed by atoms with van der Waals surface area (Å²) >= 11 is 0. The minimum Gasteiger partial charge on any atom is -0.445 e. The molecule has 4 unspecified atom stereocenters. The van der Waals surface area contributed by atoms with Crippen molar-refractivity contribution in [1.82, 2.24) is 0 Å². The molecule has 0 N–H and O–H groups in total. The van der Waals surface area contributed by atoms with Gasteiger partial charge >= 0.3 is 36.2 Å². The Morgan fingerprint density at radius 2 is 0.855 bits per heavy atom. The van der Waals surface area contributed by atoms with Crippen LogP contribution in [0.2, 0.25) is 0 Å². The maximum atomic E-state index is 14.6. The molecule has 330 valence electrons. The molecule has 0 fully saturated rings. The zero-order valence-corrected chi connectivity index (χ0v) is 36.1. The lowest BCUT2D eigenvalue weighted by Gasteiger charge is -2.36. The first kappa shape index (κ1) is 47.8. The van der Waals surface area contributed by atoms with Crippen LogP contribution in [0.5, 0.6) is 11.5 Å². The van der Waals surface area contributed by atoms with Crippen LogP contribution in [-0.4, -0.2) is 70.2 Å². The summed E-state index contributed by atoms with van der Waals surface area (Å²) in [6, 6.07) is 11.0. The number of benzene rings is 2. The molecule has 0 saturated heterocycles. The number of ether oxygens (including phenoxy) is 6. The summed E-state index contributed by atoms with van der Waals surface area (Å²) in [6.07, 6.45) is 7.70. The van der Waals surface area contributed by atoms with Gasteiger partial charge in [-0.1, -0.05) is 88.4 Å². The fourth-order valence-electron chi connectivity index (χ4n) is 5.85. The molecule has 2 aromatic carbocycles. The lowest BCUT2D eigenvalue weighted by molar-refractivity contribution is -0.267. The zero-order valence-electron chi connectivity index (χ0n) is 36.1. The van der Waals surface area contributed by atoms with E-state index in [2.05, 4.69) is 0 Å². The van der Waals surface area contributed by atoms with Gasteiger partial charge in [-0.3, -0.25) is 19.2 Å². The Morgan fingerprint density at radius 3 is 1.18 bits per heavy atom. The van der Waals surface area contributed by atoms with Crippen molar-refractivity contribution in [3.63, 3.8) is 0 Å². The first-order valence-corrected chi connectivity index (χ1v) is 19.6. The smallest absolute Gasteiger partial charge is 0.445 e. The Hall–Kier alpha value is -6.84. The minimum atomic E-state index is -2.50. The van der Waals surface area contributed by atoms with Gasteiger partial charge in [-0.2, -0.15) is 0 Å². The van der Waals surface area contributed by atoms with Crippen LogP contribution in [0.4, 0.5) is 9.59 Å². The number of allylic oxidation sites excluding steroid dienone is 4. The van der Waals surface area contributed by atoms with Gasteiger partial charge < -0.3 is 28.4 Å². The standard InChI is InChI=1S/C46H50O16/c1-27(2)37(49)57-45(35(47)29-19-11-13-23-33(29)55-41(53)59-43(5,6)7)25-17-15-21-31(45)39(51)61-62-40(52)32-22-16-18-26-46(32,58-38(50)28(3)4)36(48)30-20-12-14-24-34(30)56-42(54)60-44(8,9)10/h11-28,31-32H,1-10H3. The van der Waals surface area contributed by atoms with Crippen LogP contribution in [0.25, 0.3) is 0 Å². The first-order valence-electron chi connectivity index (χ1n) is 19.6. The Bertz CT molecular complexity index is 2060. The maximum Gasteiger partial charge on any atom is 0.514 e. The third-order valence-corrected chi connectivity index (χ3v) is 8.78. The molecule has 0 saturated carbocycles. The zero-order chi connectivity index (χ0) is 46.2. The predicted octanol–water partition coefficient (Wildman–Crippen LogP) is 7.74. The molecule has 0 spiro atoms. The second-order valence-electron chi connectivity index (χ2n) is 16.8. The van der Waals surface area contributed by atoms with Gasteiger partial charge in [0.25, 0.3) is 0 Å². The van der Waals surface area contributed by atoms with E-state index < -0.39 is 93.8 Å². The average Bonchev–Trinajstić information content (AvgIpc) is 3.18. The van der Waals surface area contributed by atoms with Gasteiger partial charge in [0.05, 0.1) is 23.0 Å². The number of carbonyl (C=O) groups is 8. The number of para-hydroxylation sites is 2. The van der Waals surface area contributed by atoms with Crippen LogP contribution in [0.3, 0.4) is 0 Å². The van der Waals surface area contributed by atoms with Crippen LogP contribution < -0.4 is 9.47 Å². The molecule has 16 heteroatoms. The Balaban J connectivity index is 1.71. The molecule has 2 aliphatic carbocycles. The maximum absolute atomic E-state index is 14.6. The quantitative estimate of drug-likeness (QED) is 0.0499. The van der Waals surface area contributed by atoms with Gasteiger partial charge in [0.15, 0.2) is 0 Å². The minimum absolute atomic E-state index is 0.291. The van der Waals surface area contributed by atoms with Crippen molar-refractivity contribution >= 4 is 47.8 Å². The van der Waals surface area contributed by atoms with Gasteiger partial charge in [0, 0.05) is 0 Å². The summed E-state index contributed by atoms with van der Waals surface area (Å²) in [5.74, 6) is -12.6. The van der Waals surface area contributed by atoms with Crippen molar-refractivity contribution in [2.45, 2.75) is 91.6 Å². The molecule has 62 heavy (non-hydrogen) atoms. The van der Waals surface area contributed by atoms with Crippen LogP contribution in [0, 0.1) is 23.7 Å². The number of hydrogen-bond acceptors (Lipinski definition) is 16. The summed E-state index contributed by atoms with van der Waals surface area (Å²) < 4.78 is 32.8.